The Labute approximate surface area is 109 Å². The molecular weight excluding hydrogens is 232 g/mol. The Morgan fingerprint density at radius 1 is 1.28 bits per heavy atom. The highest BCUT2D eigenvalue weighted by atomic mass is 16.4. The van der Waals surface area contributed by atoms with E-state index in [0.717, 1.165) is 0 Å². The van der Waals surface area contributed by atoms with Crippen LogP contribution in [0.5, 0.6) is 0 Å². The molecule has 4 N–H and O–H groups in total. The molecule has 0 aliphatic heterocycles. The average molecular weight is 258 g/mol. The fraction of sp³-hybridized carbons (Fsp3) is 0.846. The number of carboxylic acids is 1. The van der Waals surface area contributed by atoms with Crippen molar-refractivity contribution in [2.75, 3.05) is 6.54 Å². The van der Waals surface area contributed by atoms with Crippen LogP contribution in [0.3, 0.4) is 0 Å². The SMILES string of the molecule is CCC(CC)(CN)C(=O)NC(CC(C)C)C(=O)O. The molecule has 0 rings (SSSR count). The summed E-state index contributed by atoms with van der Waals surface area (Å²) in [6, 6.07) is -0.832. The molecule has 0 aromatic carbocycles. The first-order chi connectivity index (χ1) is 8.32. The Morgan fingerprint density at radius 2 is 1.78 bits per heavy atom. The van der Waals surface area contributed by atoms with Crippen LogP contribution in [0.25, 0.3) is 0 Å². The Bertz CT molecular complexity index is 278. The van der Waals surface area contributed by atoms with Gasteiger partial charge in [-0.2, -0.15) is 0 Å². The fourth-order valence-corrected chi connectivity index (χ4v) is 1.96. The van der Waals surface area contributed by atoms with Crippen molar-refractivity contribution in [3.05, 3.63) is 0 Å². The van der Waals surface area contributed by atoms with Crippen molar-refractivity contribution in [3.63, 3.8) is 0 Å². The Morgan fingerprint density at radius 3 is 2.06 bits per heavy atom. The van der Waals surface area contributed by atoms with Gasteiger partial charge in [-0.05, 0) is 25.2 Å². The van der Waals surface area contributed by atoms with Crippen molar-refractivity contribution in [2.24, 2.45) is 17.1 Å². The van der Waals surface area contributed by atoms with E-state index in [4.69, 9.17) is 10.8 Å². The summed E-state index contributed by atoms with van der Waals surface area (Å²) in [4.78, 5) is 23.3. The summed E-state index contributed by atoms with van der Waals surface area (Å²) in [5.74, 6) is -1.03. The summed E-state index contributed by atoms with van der Waals surface area (Å²) < 4.78 is 0. The van der Waals surface area contributed by atoms with E-state index in [2.05, 4.69) is 5.32 Å². The molecule has 18 heavy (non-hydrogen) atoms. The highest BCUT2D eigenvalue weighted by Crippen LogP contribution is 2.25. The third kappa shape index (κ3) is 4.29. The minimum atomic E-state index is -0.991. The van der Waals surface area contributed by atoms with E-state index in [1.807, 2.05) is 27.7 Å². The molecule has 0 saturated carbocycles. The third-order valence-corrected chi connectivity index (χ3v) is 3.54. The van der Waals surface area contributed by atoms with Crippen molar-refractivity contribution in [1.82, 2.24) is 5.32 Å². The van der Waals surface area contributed by atoms with Crippen LogP contribution < -0.4 is 11.1 Å². The predicted octanol–water partition coefficient (Wildman–Crippen LogP) is 1.37. The maximum Gasteiger partial charge on any atom is 0.326 e. The van der Waals surface area contributed by atoms with Crippen LogP contribution in [-0.2, 0) is 9.59 Å². The molecule has 5 heteroatoms. The molecule has 0 spiro atoms. The summed E-state index contributed by atoms with van der Waals surface area (Å²) in [7, 11) is 0. The molecule has 0 fully saturated rings. The van der Waals surface area contributed by atoms with Gasteiger partial charge in [0.25, 0.3) is 0 Å². The number of aliphatic carboxylic acids is 1. The van der Waals surface area contributed by atoms with Crippen molar-refractivity contribution in [2.45, 2.75) is 53.0 Å². The summed E-state index contributed by atoms with van der Waals surface area (Å²) in [5.41, 5.74) is 5.03. The normalized spacial score (nSPS) is 13.4. The molecule has 0 bridgehead atoms. The van der Waals surface area contributed by atoms with E-state index < -0.39 is 17.4 Å². The van der Waals surface area contributed by atoms with Crippen LogP contribution in [0.4, 0.5) is 0 Å². The summed E-state index contributed by atoms with van der Waals surface area (Å²) in [5, 5.41) is 11.7. The molecule has 1 atom stereocenters. The number of nitrogens with two attached hydrogens (primary N) is 1. The number of carbonyl (C=O) groups excluding carboxylic acids is 1. The van der Waals surface area contributed by atoms with Crippen LogP contribution in [0.1, 0.15) is 47.0 Å². The Kier molecular flexibility index (Phi) is 6.91. The zero-order valence-corrected chi connectivity index (χ0v) is 11.8. The molecule has 0 radical (unpaired) electrons. The van der Waals surface area contributed by atoms with E-state index in [1.165, 1.54) is 0 Å². The van der Waals surface area contributed by atoms with E-state index >= 15 is 0 Å². The minimum Gasteiger partial charge on any atom is -0.480 e. The van der Waals surface area contributed by atoms with Gasteiger partial charge in [-0.3, -0.25) is 4.79 Å². The molecular formula is C13H26N2O3. The molecule has 1 unspecified atom stereocenters. The number of hydrogen-bond donors (Lipinski definition) is 3. The van der Waals surface area contributed by atoms with Crippen molar-refractivity contribution in [1.29, 1.82) is 0 Å². The fourth-order valence-electron chi connectivity index (χ4n) is 1.96. The van der Waals surface area contributed by atoms with Crippen LogP contribution in [0, 0.1) is 11.3 Å². The standard InChI is InChI=1S/C13H26N2O3/c1-5-13(6-2,8-14)12(18)15-10(11(16)17)7-9(3)4/h9-10H,5-8,14H2,1-4H3,(H,15,18)(H,16,17). The molecule has 1 amide bonds. The zero-order valence-electron chi connectivity index (χ0n) is 11.8. The van der Waals surface area contributed by atoms with Crippen molar-refractivity contribution < 1.29 is 14.7 Å². The summed E-state index contributed by atoms with van der Waals surface area (Å²) in [6.07, 6.45) is 1.65. The van der Waals surface area contributed by atoms with Crippen molar-refractivity contribution >= 4 is 11.9 Å². The maximum atomic E-state index is 12.2. The number of carbonyl (C=O) groups is 2. The van der Waals surface area contributed by atoms with Gasteiger partial charge in [-0.15, -0.1) is 0 Å². The van der Waals surface area contributed by atoms with Gasteiger partial charge in [0, 0.05) is 6.54 Å². The second kappa shape index (κ2) is 7.36. The topological polar surface area (TPSA) is 92.4 Å². The second-order valence-corrected chi connectivity index (χ2v) is 5.19. The lowest BCUT2D eigenvalue weighted by molar-refractivity contribution is -0.144. The lowest BCUT2D eigenvalue weighted by Crippen LogP contribution is -2.51. The number of nitrogens with one attached hydrogen (secondary N) is 1. The lowest BCUT2D eigenvalue weighted by Gasteiger charge is -2.30. The van der Waals surface area contributed by atoms with Crippen LogP contribution >= 0.6 is 0 Å². The van der Waals surface area contributed by atoms with E-state index in [9.17, 15) is 9.59 Å². The first-order valence-electron chi connectivity index (χ1n) is 6.56. The third-order valence-electron chi connectivity index (χ3n) is 3.54. The number of carboxylic acid groups (broad SMARTS) is 1. The predicted molar refractivity (Wildman–Crippen MR) is 71.1 cm³/mol. The van der Waals surface area contributed by atoms with E-state index in [0.29, 0.717) is 19.3 Å². The van der Waals surface area contributed by atoms with Crippen LogP contribution in [0.2, 0.25) is 0 Å². The van der Waals surface area contributed by atoms with Crippen LogP contribution in [-0.4, -0.2) is 29.6 Å². The smallest absolute Gasteiger partial charge is 0.326 e. The van der Waals surface area contributed by atoms with Gasteiger partial charge >= 0.3 is 5.97 Å². The van der Waals surface area contributed by atoms with Gasteiger partial charge in [0.15, 0.2) is 0 Å². The van der Waals surface area contributed by atoms with Gasteiger partial charge in [-0.1, -0.05) is 27.7 Å². The van der Waals surface area contributed by atoms with Gasteiger partial charge < -0.3 is 16.2 Å². The number of amides is 1. The summed E-state index contributed by atoms with van der Waals surface area (Å²) >= 11 is 0. The Balaban J connectivity index is 4.82. The Hall–Kier alpha value is -1.10. The highest BCUT2D eigenvalue weighted by molar-refractivity contribution is 5.87. The number of hydrogen-bond acceptors (Lipinski definition) is 3. The highest BCUT2D eigenvalue weighted by Gasteiger charge is 2.35. The molecule has 0 aromatic rings. The molecule has 0 heterocycles. The number of rotatable bonds is 8. The maximum absolute atomic E-state index is 12.2. The molecule has 0 aliphatic rings. The summed E-state index contributed by atoms with van der Waals surface area (Å²) in [6.45, 7) is 7.89. The quantitative estimate of drug-likeness (QED) is 0.613. The van der Waals surface area contributed by atoms with Gasteiger partial charge in [0.1, 0.15) is 6.04 Å². The molecule has 0 saturated heterocycles. The van der Waals surface area contributed by atoms with Crippen LogP contribution in [0.15, 0.2) is 0 Å². The molecule has 0 aliphatic carbocycles. The molecule has 0 aromatic heterocycles. The largest absolute Gasteiger partial charge is 0.480 e. The van der Waals surface area contributed by atoms with Gasteiger partial charge in [-0.25, -0.2) is 4.79 Å². The zero-order chi connectivity index (χ0) is 14.3. The monoisotopic (exact) mass is 258 g/mol. The van der Waals surface area contributed by atoms with E-state index in [-0.39, 0.29) is 18.4 Å². The second-order valence-electron chi connectivity index (χ2n) is 5.19. The van der Waals surface area contributed by atoms with E-state index in [1.54, 1.807) is 0 Å². The van der Waals surface area contributed by atoms with Gasteiger partial charge in [0.05, 0.1) is 5.41 Å². The minimum absolute atomic E-state index is 0.210. The average Bonchev–Trinajstić information content (AvgIpc) is 2.30. The molecule has 106 valence electrons. The first kappa shape index (κ1) is 16.9. The molecule has 5 nitrogen and oxygen atoms in total. The van der Waals surface area contributed by atoms with Gasteiger partial charge in [0.2, 0.25) is 5.91 Å². The first-order valence-corrected chi connectivity index (χ1v) is 6.56. The lowest BCUT2D eigenvalue weighted by atomic mass is 9.81. The van der Waals surface area contributed by atoms with Crippen molar-refractivity contribution in [3.8, 4) is 0 Å².